The molecule has 0 atom stereocenters. The predicted octanol–water partition coefficient (Wildman–Crippen LogP) is 5.51. The van der Waals surface area contributed by atoms with Gasteiger partial charge in [-0.15, -0.1) is 5.10 Å². The molecule has 162 valence electrons. The highest BCUT2D eigenvalue weighted by Crippen LogP contribution is 2.34. The van der Waals surface area contributed by atoms with E-state index in [2.05, 4.69) is 10.2 Å². The first-order valence-corrected chi connectivity index (χ1v) is 11.1. The Morgan fingerprint density at radius 1 is 1.06 bits per heavy atom. The van der Waals surface area contributed by atoms with Gasteiger partial charge in [-0.05, 0) is 65.4 Å². The highest BCUT2D eigenvalue weighted by atomic mass is 35.5. The zero-order valence-corrected chi connectivity index (χ0v) is 19.2. The molecule has 1 amide bonds. The fourth-order valence-corrected chi connectivity index (χ4v) is 4.06. The second-order valence-electron chi connectivity index (χ2n) is 7.25. The molecule has 0 radical (unpaired) electrons. The van der Waals surface area contributed by atoms with Crippen molar-refractivity contribution in [3.05, 3.63) is 93.7 Å². The van der Waals surface area contributed by atoms with E-state index in [0.29, 0.717) is 20.9 Å². The third-order valence-corrected chi connectivity index (χ3v) is 5.96. The van der Waals surface area contributed by atoms with Crippen LogP contribution in [-0.2, 0) is 11.3 Å². The Kier molecular flexibility index (Phi) is 6.78. The van der Waals surface area contributed by atoms with E-state index in [1.165, 1.54) is 11.8 Å². The molecule has 1 aliphatic rings. The lowest BCUT2D eigenvalue weighted by Crippen LogP contribution is -2.28. The van der Waals surface area contributed by atoms with Crippen molar-refractivity contribution in [1.29, 1.82) is 0 Å². The first kappa shape index (κ1) is 21.9. The second-order valence-corrected chi connectivity index (χ2v) is 8.69. The van der Waals surface area contributed by atoms with E-state index in [-0.39, 0.29) is 12.5 Å². The highest BCUT2D eigenvalue weighted by molar-refractivity contribution is 8.18. The van der Waals surface area contributed by atoms with E-state index in [4.69, 9.17) is 16.0 Å². The molecule has 3 aromatic rings. The Morgan fingerprint density at radius 2 is 1.78 bits per heavy atom. The van der Waals surface area contributed by atoms with Crippen LogP contribution in [0, 0.1) is 0 Å². The van der Waals surface area contributed by atoms with E-state index < -0.39 is 0 Å². The van der Waals surface area contributed by atoms with Crippen molar-refractivity contribution in [1.82, 2.24) is 4.90 Å². The highest BCUT2D eigenvalue weighted by Gasteiger charge is 2.34. The van der Waals surface area contributed by atoms with Gasteiger partial charge >= 0.3 is 0 Å². The smallest absolute Gasteiger partial charge is 0.267 e. The number of halogens is 1. The van der Waals surface area contributed by atoms with Crippen molar-refractivity contribution in [2.24, 2.45) is 10.2 Å². The van der Waals surface area contributed by atoms with Crippen molar-refractivity contribution in [3.63, 3.8) is 0 Å². The van der Waals surface area contributed by atoms with Gasteiger partial charge in [-0.1, -0.05) is 35.9 Å². The summed E-state index contributed by atoms with van der Waals surface area (Å²) in [7, 11) is 3.98. The van der Waals surface area contributed by atoms with Crippen LogP contribution >= 0.6 is 23.4 Å². The number of thioether (sulfide) groups is 1. The topological polar surface area (TPSA) is 61.4 Å². The standard InChI is InChI=1S/C24H21ClN4O2S/c1-28(2)20-11-7-17(8-12-20)14-22-23(30)29(16-21-4-3-13-31-21)24(32-22)27-26-15-18-5-9-19(25)10-6-18/h3-15H,16H2,1-2H3/b22-14-,26-15-,27-24+. The number of nitrogens with zero attached hydrogens (tertiary/aromatic N) is 4. The predicted molar refractivity (Wildman–Crippen MR) is 132 cm³/mol. The van der Waals surface area contributed by atoms with Gasteiger partial charge in [0.2, 0.25) is 0 Å². The van der Waals surface area contributed by atoms with Gasteiger partial charge in [0.05, 0.1) is 23.9 Å². The van der Waals surface area contributed by atoms with Crippen molar-refractivity contribution in [2.45, 2.75) is 6.54 Å². The molecule has 1 saturated heterocycles. The van der Waals surface area contributed by atoms with E-state index in [9.17, 15) is 4.79 Å². The zero-order chi connectivity index (χ0) is 22.5. The van der Waals surface area contributed by atoms with Crippen molar-refractivity contribution < 1.29 is 9.21 Å². The molecule has 8 heteroatoms. The molecule has 2 heterocycles. The van der Waals surface area contributed by atoms with Crippen LogP contribution in [0.4, 0.5) is 5.69 Å². The van der Waals surface area contributed by atoms with Crippen molar-refractivity contribution >= 4 is 52.4 Å². The molecule has 0 unspecified atom stereocenters. The molecule has 0 saturated carbocycles. The first-order valence-electron chi connectivity index (χ1n) is 9.87. The van der Waals surface area contributed by atoms with Crippen LogP contribution in [0.15, 0.2) is 86.5 Å². The Labute approximate surface area is 195 Å². The maximum absolute atomic E-state index is 13.1. The number of benzene rings is 2. The van der Waals surface area contributed by atoms with E-state index >= 15 is 0 Å². The normalized spacial score (nSPS) is 16.6. The number of carbonyl (C=O) groups excluding carboxylic acids is 1. The summed E-state index contributed by atoms with van der Waals surface area (Å²) in [6, 6.07) is 18.9. The summed E-state index contributed by atoms with van der Waals surface area (Å²) >= 11 is 7.21. The molecule has 1 fully saturated rings. The van der Waals surface area contributed by atoms with E-state index in [1.807, 2.05) is 67.5 Å². The van der Waals surface area contributed by atoms with Crippen molar-refractivity contribution in [2.75, 3.05) is 19.0 Å². The zero-order valence-electron chi connectivity index (χ0n) is 17.6. The molecule has 2 aromatic carbocycles. The fraction of sp³-hybridized carbons (Fsp3) is 0.125. The quantitative estimate of drug-likeness (QED) is 0.274. The summed E-state index contributed by atoms with van der Waals surface area (Å²) in [4.78, 5) is 17.3. The minimum absolute atomic E-state index is 0.136. The molecule has 0 N–H and O–H groups in total. The van der Waals surface area contributed by atoms with E-state index in [0.717, 1.165) is 16.8 Å². The monoisotopic (exact) mass is 464 g/mol. The fourth-order valence-electron chi connectivity index (χ4n) is 2.99. The Morgan fingerprint density at radius 3 is 2.44 bits per heavy atom. The lowest BCUT2D eigenvalue weighted by molar-refractivity contribution is -0.122. The van der Waals surface area contributed by atoms with Gasteiger partial charge in [-0.2, -0.15) is 5.10 Å². The molecule has 6 nitrogen and oxygen atoms in total. The van der Waals surface area contributed by atoms with Crippen LogP contribution in [-0.4, -0.2) is 36.3 Å². The molecule has 1 aliphatic heterocycles. The van der Waals surface area contributed by atoms with Crippen molar-refractivity contribution in [3.8, 4) is 0 Å². The number of amides is 1. The van der Waals surface area contributed by atoms with Crippen LogP contribution < -0.4 is 4.90 Å². The number of rotatable bonds is 6. The summed E-state index contributed by atoms with van der Waals surface area (Å²) in [5.41, 5.74) is 2.90. The average Bonchev–Trinajstić information content (AvgIpc) is 3.40. The molecule has 32 heavy (non-hydrogen) atoms. The summed E-state index contributed by atoms with van der Waals surface area (Å²) in [5, 5.41) is 9.65. The number of carbonyl (C=O) groups is 1. The van der Waals surface area contributed by atoms with Crippen LogP contribution in [0.1, 0.15) is 16.9 Å². The molecule has 0 aliphatic carbocycles. The molecular formula is C24H21ClN4O2S. The summed E-state index contributed by atoms with van der Waals surface area (Å²) in [6.07, 6.45) is 5.08. The third-order valence-electron chi connectivity index (χ3n) is 4.71. The molecule has 0 bridgehead atoms. The number of hydrogen-bond acceptors (Lipinski definition) is 6. The molecule has 1 aromatic heterocycles. The number of furan rings is 1. The van der Waals surface area contributed by atoms with Gasteiger partial charge in [0.25, 0.3) is 5.91 Å². The number of anilines is 1. The maximum atomic E-state index is 13.1. The molecule has 4 rings (SSSR count). The molecular weight excluding hydrogens is 444 g/mol. The Bertz CT molecular complexity index is 1170. The summed E-state index contributed by atoms with van der Waals surface area (Å²) in [5.74, 6) is 0.536. The lowest BCUT2D eigenvalue weighted by Gasteiger charge is -2.12. The first-order chi connectivity index (χ1) is 15.5. The average molecular weight is 465 g/mol. The van der Waals surface area contributed by atoms with E-state index in [1.54, 1.807) is 35.6 Å². The number of amidine groups is 1. The summed E-state index contributed by atoms with van der Waals surface area (Å²) < 4.78 is 5.43. The lowest BCUT2D eigenvalue weighted by atomic mass is 10.2. The Balaban J connectivity index is 1.59. The van der Waals surface area contributed by atoms with Gasteiger partial charge < -0.3 is 9.32 Å². The van der Waals surface area contributed by atoms with Gasteiger partial charge in [-0.25, -0.2) is 0 Å². The van der Waals surface area contributed by atoms with Gasteiger partial charge in [0, 0.05) is 24.8 Å². The minimum Gasteiger partial charge on any atom is -0.467 e. The second kappa shape index (κ2) is 9.89. The molecule has 0 spiro atoms. The Hall–Kier alpha value is -3.29. The van der Waals surface area contributed by atoms with Gasteiger partial charge in [-0.3, -0.25) is 9.69 Å². The SMILES string of the molecule is CN(C)c1ccc(/C=C2\S/C(=N/N=C\c3ccc(Cl)cc3)N(Cc3ccco3)C2=O)cc1. The van der Waals surface area contributed by atoms with Gasteiger partial charge in [0.1, 0.15) is 5.76 Å². The maximum Gasteiger partial charge on any atom is 0.267 e. The minimum atomic E-state index is -0.136. The van der Waals surface area contributed by atoms with Crippen LogP contribution in [0.25, 0.3) is 6.08 Å². The van der Waals surface area contributed by atoms with Gasteiger partial charge in [0.15, 0.2) is 5.17 Å². The number of hydrogen-bond donors (Lipinski definition) is 0. The van der Waals surface area contributed by atoms with Crippen LogP contribution in [0.2, 0.25) is 5.02 Å². The van der Waals surface area contributed by atoms with Crippen LogP contribution in [0.5, 0.6) is 0 Å². The largest absolute Gasteiger partial charge is 0.467 e. The third kappa shape index (κ3) is 5.30. The van der Waals surface area contributed by atoms with Crippen LogP contribution in [0.3, 0.4) is 0 Å². The summed E-state index contributed by atoms with van der Waals surface area (Å²) in [6.45, 7) is 0.283.